The van der Waals surface area contributed by atoms with E-state index >= 15 is 0 Å². The molecule has 1 saturated heterocycles. The van der Waals surface area contributed by atoms with Crippen molar-refractivity contribution >= 4 is 11.8 Å². The summed E-state index contributed by atoms with van der Waals surface area (Å²) in [5.41, 5.74) is 0.929. The summed E-state index contributed by atoms with van der Waals surface area (Å²) in [6, 6.07) is -0.203. The summed E-state index contributed by atoms with van der Waals surface area (Å²) in [7, 11) is 1.47. The van der Waals surface area contributed by atoms with E-state index < -0.39 is 5.69 Å². The molecule has 1 fully saturated rings. The maximum Gasteiger partial charge on any atom is 0.343 e. The Balaban J connectivity index is 1.66. The number of piperidine rings is 1. The van der Waals surface area contributed by atoms with Gasteiger partial charge in [0.15, 0.2) is 0 Å². The Kier molecular flexibility index (Phi) is 4.43. The molecule has 3 heterocycles. The molecule has 0 spiro atoms. The molecule has 25 heavy (non-hydrogen) atoms. The number of rotatable bonds is 3. The topological polar surface area (TPSA) is 126 Å². The predicted octanol–water partition coefficient (Wildman–Crippen LogP) is -0.252. The number of carbonyl (C=O) groups excluding carboxylic acids is 2. The van der Waals surface area contributed by atoms with E-state index in [0.29, 0.717) is 24.3 Å². The number of nitrogens with zero attached hydrogens (tertiary/aromatic N) is 4. The van der Waals surface area contributed by atoms with Gasteiger partial charge < -0.3 is 14.7 Å². The Morgan fingerprint density at radius 1 is 1.36 bits per heavy atom. The zero-order valence-electron chi connectivity index (χ0n) is 14.3. The average molecular weight is 348 g/mol. The van der Waals surface area contributed by atoms with Gasteiger partial charge in [0.1, 0.15) is 0 Å². The van der Waals surface area contributed by atoms with Crippen molar-refractivity contribution in [3.05, 3.63) is 33.3 Å². The van der Waals surface area contributed by atoms with Gasteiger partial charge in [0.05, 0.1) is 5.69 Å². The Labute approximate surface area is 143 Å². The van der Waals surface area contributed by atoms with Gasteiger partial charge in [-0.2, -0.15) is 0 Å². The number of aryl methyl sites for hydroxylation is 2. The van der Waals surface area contributed by atoms with Crippen LogP contribution in [0.15, 0.2) is 9.32 Å². The maximum atomic E-state index is 12.5. The zero-order chi connectivity index (χ0) is 18.1. The lowest BCUT2D eigenvalue weighted by molar-refractivity contribution is 0.0660. The van der Waals surface area contributed by atoms with Crippen molar-refractivity contribution in [2.45, 2.75) is 32.7 Å². The van der Waals surface area contributed by atoms with Crippen molar-refractivity contribution in [2.24, 2.45) is 7.05 Å². The lowest BCUT2D eigenvalue weighted by Crippen LogP contribution is -2.49. The number of likely N-dealkylation sites (tertiary alicyclic amines) is 1. The van der Waals surface area contributed by atoms with Crippen molar-refractivity contribution in [1.82, 2.24) is 30.1 Å². The molecule has 0 radical (unpaired) electrons. The summed E-state index contributed by atoms with van der Waals surface area (Å²) >= 11 is 0. The van der Waals surface area contributed by atoms with Gasteiger partial charge in [-0.25, -0.2) is 9.48 Å². The SMILES string of the molecule is Cc1noc(C(=O)NC2CCCN(C(=O)c3nn(C)c(=O)[nH]3)C2)c1C. The maximum absolute atomic E-state index is 12.5. The number of hydrogen-bond acceptors (Lipinski definition) is 6. The first-order chi connectivity index (χ1) is 11.9. The summed E-state index contributed by atoms with van der Waals surface area (Å²) < 4.78 is 6.14. The number of H-pyrrole nitrogens is 1. The summed E-state index contributed by atoms with van der Waals surface area (Å²) in [4.78, 5) is 40.2. The van der Waals surface area contributed by atoms with Crippen LogP contribution < -0.4 is 11.0 Å². The molecule has 2 amide bonds. The number of carbonyl (C=O) groups is 2. The first-order valence-corrected chi connectivity index (χ1v) is 8.03. The van der Waals surface area contributed by atoms with Crippen molar-refractivity contribution in [1.29, 1.82) is 0 Å². The van der Waals surface area contributed by atoms with Crippen LogP contribution in [0.25, 0.3) is 0 Å². The first kappa shape index (κ1) is 16.9. The van der Waals surface area contributed by atoms with Crippen LogP contribution in [0, 0.1) is 13.8 Å². The van der Waals surface area contributed by atoms with Gasteiger partial charge in [0.25, 0.3) is 11.8 Å². The quantitative estimate of drug-likeness (QED) is 0.787. The summed E-state index contributed by atoms with van der Waals surface area (Å²) in [5, 5.41) is 10.5. The molecule has 0 bridgehead atoms. The monoisotopic (exact) mass is 348 g/mol. The molecule has 0 aromatic carbocycles. The normalized spacial score (nSPS) is 17.6. The molecule has 10 nitrogen and oxygen atoms in total. The van der Waals surface area contributed by atoms with Gasteiger partial charge in [-0.15, -0.1) is 5.10 Å². The Bertz CT molecular complexity index is 864. The Morgan fingerprint density at radius 2 is 2.12 bits per heavy atom. The Hall–Kier alpha value is -2.91. The highest BCUT2D eigenvalue weighted by atomic mass is 16.5. The van der Waals surface area contributed by atoms with Gasteiger partial charge in [0.2, 0.25) is 11.6 Å². The lowest BCUT2D eigenvalue weighted by atomic mass is 10.1. The number of amides is 2. The second kappa shape index (κ2) is 6.54. The van der Waals surface area contributed by atoms with Crippen LogP contribution >= 0.6 is 0 Å². The molecule has 0 saturated carbocycles. The minimum Gasteiger partial charge on any atom is -0.350 e. The van der Waals surface area contributed by atoms with Gasteiger partial charge in [-0.3, -0.25) is 14.6 Å². The smallest absolute Gasteiger partial charge is 0.343 e. The number of nitrogens with one attached hydrogen (secondary N) is 2. The molecule has 1 atom stereocenters. The third-order valence-corrected chi connectivity index (χ3v) is 4.38. The van der Waals surface area contributed by atoms with Crippen LogP contribution in [-0.4, -0.2) is 55.8 Å². The fourth-order valence-corrected chi connectivity index (χ4v) is 2.81. The second-order valence-electron chi connectivity index (χ2n) is 6.19. The van der Waals surface area contributed by atoms with E-state index in [9.17, 15) is 14.4 Å². The third kappa shape index (κ3) is 3.32. The highest BCUT2D eigenvalue weighted by Gasteiger charge is 2.29. The first-order valence-electron chi connectivity index (χ1n) is 8.03. The molecule has 2 aromatic rings. The van der Waals surface area contributed by atoms with Gasteiger partial charge >= 0.3 is 5.69 Å². The minimum absolute atomic E-state index is 0.00109. The average Bonchev–Trinajstić information content (AvgIpc) is 3.10. The molecule has 10 heteroatoms. The van der Waals surface area contributed by atoms with E-state index in [0.717, 1.165) is 17.5 Å². The molecular weight excluding hydrogens is 328 g/mol. The van der Waals surface area contributed by atoms with E-state index in [-0.39, 0.29) is 29.4 Å². The predicted molar refractivity (Wildman–Crippen MR) is 86.2 cm³/mol. The largest absolute Gasteiger partial charge is 0.350 e. The van der Waals surface area contributed by atoms with Crippen LogP contribution in [0.3, 0.4) is 0 Å². The molecule has 2 N–H and O–H groups in total. The van der Waals surface area contributed by atoms with Gasteiger partial charge in [0, 0.05) is 31.7 Å². The number of aromatic amines is 1. The number of hydrogen-bond donors (Lipinski definition) is 2. The summed E-state index contributed by atoms with van der Waals surface area (Å²) in [5.74, 6) is -0.511. The molecule has 1 unspecified atom stereocenters. The Morgan fingerprint density at radius 3 is 2.72 bits per heavy atom. The highest BCUT2D eigenvalue weighted by molar-refractivity contribution is 5.93. The van der Waals surface area contributed by atoms with Crippen LogP contribution in [0.4, 0.5) is 0 Å². The number of aromatic nitrogens is 4. The molecule has 1 aliphatic rings. The fourth-order valence-electron chi connectivity index (χ4n) is 2.81. The molecular formula is C15H20N6O4. The standard InChI is InChI=1S/C15H20N6O4/c1-8-9(2)19-25-11(8)13(22)16-10-5-4-6-21(7-10)14(23)12-17-15(24)20(3)18-12/h10H,4-7H2,1-3H3,(H,16,22)(H,17,18,24). The van der Waals surface area contributed by atoms with Crippen LogP contribution in [0.2, 0.25) is 0 Å². The fraction of sp³-hybridized carbons (Fsp3) is 0.533. The third-order valence-electron chi connectivity index (χ3n) is 4.38. The van der Waals surface area contributed by atoms with E-state index in [1.54, 1.807) is 18.7 Å². The van der Waals surface area contributed by atoms with Crippen molar-refractivity contribution in [3.63, 3.8) is 0 Å². The van der Waals surface area contributed by atoms with Crippen molar-refractivity contribution in [2.75, 3.05) is 13.1 Å². The lowest BCUT2D eigenvalue weighted by Gasteiger charge is -2.32. The summed E-state index contributed by atoms with van der Waals surface area (Å²) in [6.45, 7) is 4.43. The van der Waals surface area contributed by atoms with E-state index in [1.807, 2.05) is 0 Å². The molecule has 2 aromatic heterocycles. The molecule has 3 rings (SSSR count). The van der Waals surface area contributed by atoms with E-state index in [4.69, 9.17) is 4.52 Å². The molecule has 0 aliphatic carbocycles. The highest BCUT2D eigenvalue weighted by Crippen LogP contribution is 2.15. The van der Waals surface area contributed by atoms with Crippen molar-refractivity contribution in [3.8, 4) is 0 Å². The van der Waals surface area contributed by atoms with Crippen LogP contribution in [0.1, 0.15) is 45.3 Å². The van der Waals surface area contributed by atoms with E-state index in [2.05, 4.69) is 20.6 Å². The molecule has 1 aliphatic heterocycles. The van der Waals surface area contributed by atoms with Crippen LogP contribution in [-0.2, 0) is 7.05 Å². The van der Waals surface area contributed by atoms with Crippen LogP contribution in [0.5, 0.6) is 0 Å². The van der Waals surface area contributed by atoms with Gasteiger partial charge in [-0.05, 0) is 26.7 Å². The van der Waals surface area contributed by atoms with Crippen molar-refractivity contribution < 1.29 is 14.1 Å². The van der Waals surface area contributed by atoms with E-state index in [1.165, 1.54) is 7.05 Å². The molecule has 134 valence electrons. The zero-order valence-corrected chi connectivity index (χ0v) is 14.3. The second-order valence-corrected chi connectivity index (χ2v) is 6.19. The van der Waals surface area contributed by atoms with Gasteiger partial charge in [-0.1, -0.05) is 5.16 Å². The summed E-state index contributed by atoms with van der Waals surface area (Å²) in [6.07, 6.45) is 1.49. The minimum atomic E-state index is -0.443.